The maximum Gasteiger partial charge on any atom is 0.0593 e. The van der Waals surface area contributed by atoms with Crippen LogP contribution in [0.1, 0.15) is 40.0 Å². The van der Waals surface area contributed by atoms with E-state index in [0.717, 1.165) is 32.8 Å². The molecule has 0 heterocycles. The number of likely N-dealkylation sites (N-methyl/N-ethyl adjacent to an activating group) is 1. The highest BCUT2D eigenvalue weighted by atomic mass is 16.5. The monoisotopic (exact) mass is 242 g/mol. The van der Waals surface area contributed by atoms with Gasteiger partial charge in [0.1, 0.15) is 0 Å². The summed E-state index contributed by atoms with van der Waals surface area (Å²) in [7, 11) is 0. The fraction of sp³-hybridized carbons (Fsp3) is 1.00. The Labute approximate surface area is 107 Å². The standard InChI is InChI=1S/C14H30N2O/c1-4-16(8-9-17-11-12(2)3)14-7-5-6-13(14)10-15/h12-14H,4-11,15H2,1-3H3. The average molecular weight is 242 g/mol. The molecule has 0 aromatic rings. The minimum Gasteiger partial charge on any atom is -0.380 e. The SMILES string of the molecule is CCN(CCOCC(C)C)C1CCCC1CN. The molecule has 0 amide bonds. The van der Waals surface area contributed by atoms with Crippen molar-refractivity contribution in [3.63, 3.8) is 0 Å². The van der Waals surface area contributed by atoms with E-state index in [1.807, 2.05) is 0 Å². The zero-order valence-electron chi connectivity index (χ0n) is 11.8. The van der Waals surface area contributed by atoms with Gasteiger partial charge in [0.05, 0.1) is 6.61 Å². The summed E-state index contributed by atoms with van der Waals surface area (Å²) in [5, 5.41) is 0. The molecule has 102 valence electrons. The molecule has 3 nitrogen and oxygen atoms in total. The molecule has 0 bridgehead atoms. The van der Waals surface area contributed by atoms with Crippen molar-refractivity contribution < 1.29 is 4.74 Å². The molecule has 1 aliphatic carbocycles. The van der Waals surface area contributed by atoms with Gasteiger partial charge in [0, 0.05) is 19.2 Å². The molecule has 3 heteroatoms. The van der Waals surface area contributed by atoms with Crippen LogP contribution in [0.2, 0.25) is 0 Å². The van der Waals surface area contributed by atoms with Crippen LogP contribution in [-0.4, -0.2) is 43.8 Å². The second-order valence-corrected chi connectivity index (χ2v) is 5.59. The number of nitrogens with zero attached hydrogens (tertiary/aromatic N) is 1. The minimum absolute atomic E-state index is 0.633. The molecule has 0 saturated heterocycles. The summed E-state index contributed by atoms with van der Waals surface area (Å²) in [5.74, 6) is 1.34. The van der Waals surface area contributed by atoms with E-state index in [1.54, 1.807) is 0 Å². The fourth-order valence-electron chi connectivity index (χ4n) is 2.83. The summed E-state index contributed by atoms with van der Waals surface area (Å²) in [5.41, 5.74) is 5.85. The maximum atomic E-state index is 5.85. The number of hydrogen-bond acceptors (Lipinski definition) is 3. The molecule has 17 heavy (non-hydrogen) atoms. The normalized spacial score (nSPS) is 25.1. The molecular formula is C14H30N2O. The van der Waals surface area contributed by atoms with E-state index in [9.17, 15) is 0 Å². The summed E-state index contributed by atoms with van der Waals surface area (Å²) < 4.78 is 5.68. The van der Waals surface area contributed by atoms with Crippen LogP contribution in [0.5, 0.6) is 0 Å². The van der Waals surface area contributed by atoms with Crippen LogP contribution in [-0.2, 0) is 4.74 Å². The molecule has 0 aromatic heterocycles. The van der Waals surface area contributed by atoms with Crippen LogP contribution in [0.15, 0.2) is 0 Å². The molecule has 1 fully saturated rings. The molecule has 2 atom stereocenters. The lowest BCUT2D eigenvalue weighted by molar-refractivity contribution is 0.0671. The van der Waals surface area contributed by atoms with Gasteiger partial charge in [-0.2, -0.15) is 0 Å². The lowest BCUT2D eigenvalue weighted by Crippen LogP contribution is -2.42. The third-order valence-electron chi connectivity index (χ3n) is 3.77. The zero-order chi connectivity index (χ0) is 12.7. The Bertz CT molecular complexity index is 197. The van der Waals surface area contributed by atoms with Crippen LogP contribution in [0.3, 0.4) is 0 Å². The lowest BCUT2D eigenvalue weighted by Gasteiger charge is -2.31. The first-order valence-corrected chi connectivity index (χ1v) is 7.20. The van der Waals surface area contributed by atoms with E-state index in [2.05, 4.69) is 25.7 Å². The number of rotatable bonds is 8. The van der Waals surface area contributed by atoms with Crippen LogP contribution < -0.4 is 5.73 Å². The first kappa shape index (κ1) is 14.9. The molecule has 0 spiro atoms. The quantitative estimate of drug-likeness (QED) is 0.663. The third-order valence-corrected chi connectivity index (χ3v) is 3.77. The van der Waals surface area contributed by atoms with Gasteiger partial charge in [-0.05, 0) is 37.8 Å². The molecule has 2 N–H and O–H groups in total. The largest absolute Gasteiger partial charge is 0.380 e. The molecule has 1 aliphatic rings. The zero-order valence-corrected chi connectivity index (χ0v) is 11.8. The number of ether oxygens (including phenoxy) is 1. The summed E-state index contributed by atoms with van der Waals surface area (Å²) in [4.78, 5) is 2.56. The van der Waals surface area contributed by atoms with Gasteiger partial charge in [-0.15, -0.1) is 0 Å². The van der Waals surface area contributed by atoms with Gasteiger partial charge in [-0.25, -0.2) is 0 Å². The number of nitrogens with two attached hydrogens (primary N) is 1. The predicted molar refractivity (Wildman–Crippen MR) is 73.1 cm³/mol. The Morgan fingerprint density at radius 3 is 2.71 bits per heavy atom. The Hall–Kier alpha value is -0.120. The first-order valence-electron chi connectivity index (χ1n) is 7.20. The van der Waals surface area contributed by atoms with Crippen LogP contribution >= 0.6 is 0 Å². The van der Waals surface area contributed by atoms with Gasteiger partial charge in [-0.3, -0.25) is 4.90 Å². The summed E-state index contributed by atoms with van der Waals surface area (Å²) in [6.45, 7) is 11.4. The first-order chi connectivity index (χ1) is 8.19. The van der Waals surface area contributed by atoms with Crippen molar-refractivity contribution in [1.82, 2.24) is 4.90 Å². The third kappa shape index (κ3) is 4.94. The van der Waals surface area contributed by atoms with Crippen LogP contribution in [0, 0.1) is 11.8 Å². The molecular weight excluding hydrogens is 212 g/mol. The van der Waals surface area contributed by atoms with Crippen molar-refractivity contribution in [3.05, 3.63) is 0 Å². The molecule has 2 unspecified atom stereocenters. The van der Waals surface area contributed by atoms with Gasteiger partial charge in [-0.1, -0.05) is 27.2 Å². The molecule has 1 saturated carbocycles. The minimum atomic E-state index is 0.633. The summed E-state index contributed by atoms with van der Waals surface area (Å²) >= 11 is 0. The Balaban J connectivity index is 2.27. The van der Waals surface area contributed by atoms with Crippen LogP contribution in [0.25, 0.3) is 0 Å². The van der Waals surface area contributed by atoms with E-state index in [-0.39, 0.29) is 0 Å². The van der Waals surface area contributed by atoms with Crippen LogP contribution in [0.4, 0.5) is 0 Å². The van der Waals surface area contributed by atoms with Gasteiger partial charge in [0.25, 0.3) is 0 Å². The van der Waals surface area contributed by atoms with Crippen molar-refractivity contribution in [3.8, 4) is 0 Å². The molecule has 0 aliphatic heterocycles. The average Bonchev–Trinajstić information content (AvgIpc) is 2.77. The highest BCUT2D eigenvalue weighted by molar-refractivity contribution is 4.85. The maximum absolute atomic E-state index is 5.85. The van der Waals surface area contributed by atoms with Gasteiger partial charge in [0.2, 0.25) is 0 Å². The van der Waals surface area contributed by atoms with E-state index >= 15 is 0 Å². The van der Waals surface area contributed by atoms with Crippen molar-refractivity contribution in [2.75, 3.05) is 32.8 Å². The highest BCUT2D eigenvalue weighted by Gasteiger charge is 2.29. The van der Waals surface area contributed by atoms with Gasteiger partial charge >= 0.3 is 0 Å². The Morgan fingerprint density at radius 1 is 1.35 bits per heavy atom. The summed E-state index contributed by atoms with van der Waals surface area (Å²) in [6.07, 6.45) is 3.97. The Kier molecular flexibility index (Phi) is 7.09. The second kappa shape index (κ2) is 8.06. The summed E-state index contributed by atoms with van der Waals surface area (Å²) in [6, 6.07) is 0.702. The predicted octanol–water partition coefficient (Wildman–Crippen LogP) is 2.11. The highest BCUT2D eigenvalue weighted by Crippen LogP contribution is 2.28. The van der Waals surface area contributed by atoms with E-state index in [1.165, 1.54) is 19.3 Å². The van der Waals surface area contributed by atoms with Gasteiger partial charge in [0.15, 0.2) is 0 Å². The topological polar surface area (TPSA) is 38.5 Å². The van der Waals surface area contributed by atoms with E-state index < -0.39 is 0 Å². The molecule has 0 radical (unpaired) electrons. The molecule has 0 aromatic carbocycles. The van der Waals surface area contributed by atoms with Crippen molar-refractivity contribution in [2.45, 2.75) is 46.1 Å². The van der Waals surface area contributed by atoms with E-state index in [0.29, 0.717) is 17.9 Å². The smallest absolute Gasteiger partial charge is 0.0593 e. The van der Waals surface area contributed by atoms with Crippen molar-refractivity contribution in [1.29, 1.82) is 0 Å². The van der Waals surface area contributed by atoms with Crippen molar-refractivity contribution >= 4 is 0 Å². The second-order valence-electron chi connectivity index (χ2n) is 5.59. The lowest BCUT2D eigenvalue weighted by atomic mass is 10.0. The van der Waals surface area contributed by atoms with Gasteiger partial charge < -0.3 is 10.5 Å². The number of hydrogen-bond donors (Lipinski definition) is 1. The van der Waals surface area contributed by atoms with Crippen molar-refractivity contribution in [2.24, 2.45) is 17.6 Å². The fourth-order valence-corrected chi connectivity index (χ4v) is 2.83. The Morgan fingerprint density at radius 2 is 2.12 bits per heavy atom. The van der Waals surface area contributed by atoms with E-state index in [4.69, 9.17) is 10.5 Å². The molecule has 1 rings (SSSR count).